The van der Waals surface area contributed by atoms with Gasteiger partial charge in [-0.2, -0.15) is 0 Å². The molecule has 1 amide bonds. The molecule has 0 aliphatic carbocycles. The van der Waals surface area contributed by atoms with Crippen LogP contribution in [0.5, 0.6) is 5.88 Å². The Morgan fingerprint density at radius 2 is 1.90 bits per heavy atom. The molecule has 0 spiro atoms. The highest BCUT2D eigenvalue weighted by Gasteiger charge is 2.32. The third-order valence-corrected chi connectivity index (χ3v) is 5.14. The van der Waals surface area contributed by atoms with Gasteiger partial charge in [0, 0.05) is 5.69 Å². The highest BCUT2D eigenvalue weighted by molar-refractivity contribution is 5.90. The molecule has 0 bridgehead atoms. The number of carbonyl (C=O) groups is 1. The molecule has 1 aromatic heterocycles. The molecule has 0 saturated heterocycles. The predicted molar refractivity (Wildman–Crippen MR) is 112 cm³/mol. The molecule has 2 aromatic carbocycles. The first-order valence-electron chi connectivity index (χ1n) is 9.89. The lowest BCUT2D eigenvalue weighted by Gasteiger charge is -2.34. The van der Waals surface area contributed by atoms with Crippen LogP contribution in [0.1, 0.15) is 29.3 Å². The van der Waals surface area contributed by atoms with Crippen molar-refractivity contribution in [1.82, 2.24) is 4.98 Å². The van der Waals surface area contributed by atoms with Gasteiger partial charge < -0.3 is 9.47 Å². The van der Waals surface area contributed by atoms with Gasteiger partial charge in [0.05, 0.1) is 6.04 Å². The number of ether oxygens (including phenoxy) is 2. The minimum absolute atomic E-state index is 0.191. The van der Waals surface area contributed by atoms with Gasteiger partial charge in [-0.3, -0.25) is 4.90 Å². The van der Waals surface area contributed by atoms with E-state index in [2.05, 4.69) is 4.98 Å². The maximum Gasteiger partial charge on any atom is 0.415 e. The standard InChI is InChI=1S/C24H23FN2O3/c1-16-14-29-23-22(27(16)24(28)30-15-19-6-4-3-5-7-19)13-20(17(2)26-23)12-18-8-10-21(25)11-9-18/h3-11,13,16H,12,14-15H2,1-2H3/t16-/m0/s1. The molecule has 154 valence electrons. The minimum atomic E-state index is -0.436. The molecule has 0 N–H and O–H groups in total. The van der Waals surface area contributed by atoms with Crippen molar-refractivity contribution in [1.29, 1.82) is 0 Å². The average molecular weight is 406 g/mol. The molecule has 2 heterocycles. The molecule has 1 aliphatic rings. The number of carbonyl (C=O) groups excluding carboxylic acids is 1. The van der Waals surface area contributed by atoms with Crippen molar-refractivity contribution in [2.24, 2.45) is 0 Å². The Morgan fingerprint density at radius 3 is 2.63 bits per heavy atom. The lowest BCUT2D eigenvalue weighted by molar-refractivity contribution is 0.139. The molecular weight excluding hydrogens is 383 g/mol. The van der Waals surface area contributed by atoms with Gasteiger partial charge in [-0.25, -0.2) is 14.2 Å². The van der Waals surface area contributed by atoms with Crippen LogP contribution in [0.2, 0.25) is 0 Å². The van der Waals surface area contributed by atoms with E-state index in [1.807, 2.05) is 50.2 Å². The van der Waals surface area contributed by atoms with Crippen molar-refractivity contribution in [3.8, 4) is 5.88 Å². The summed E-state index contributed by atoms with van der Waals surface area (Å²) in [6.45, 7) is 4.35. The fourth-order valence-corrected chi connectivity index (χ4v) is 3.47. The number of aryl methyl sites for hydroxylation is 1. The van der Waals surface area contributed by atoms with E-state index in [0.717, 1.165) is 22.4 Å². The van der Waals surface area contributed by atoms with Gasteiger partial charge in [-0.1, -0.05) is 42.5 Å². The van der Waals surface area contributed by atoms with Gasteiger partial charge in [0.1, 0.15) is 24.7 Å². The fraction of sp³-hybridized carbons (Fsp3) is 0.250. The number of fused-ring (bicyclic) bond motifs is 1. The van der Waals surface area contributed by atoms with Crippen LogP contribution < -0.4 is 9.64 Å². The highest BCUT2D eigenvalue weighted by atomic mass is 19.1. The Bertz CT molecular complexity index is 1040. The van der Waals surface area contributed by atoms with E-state index >= 15 is 0 Å². The SMILES string of the molecule is Cc1nc2c(cc1Cc1ccc(F)cc1)N(C(=O)OCc1ccccc1)[C@@H](C)CO2. The first-order valence-corrected chi connectivity index (χ1v) is 9.89. The summed E-state index contributed by atoms with van der Waals surface area (Å²) in [6.07, 6.45) is 0.141. The Hall–Kier alpha value is -3.41. The number of rotatable bonds is 4. The quantitative estimate of drug-likeness (QED) is 0.609. The van der Waals surface area contributed by atoms with Gasteiger partial charge in [0.2, 0.25) is 5.88 Å². The monoisotopic (exact) mass is 406 g/mol. The third kappa shape index (κ3) is 4.27. The summed E-state index contributed by atoms with van der Waals surface area (Å²) in [7, 11) is 0. The van der Waals surface area contributed by atoms with Gasteiger partial charge in [-0.15, -0.1) is 0 Å². The van der Waals surface area contributed by atoms with E-state index in [4.69, 9.17) is 9.47 Å². The maximum atomic E-state index is 13.2. The molecule has 6 heteroatoms. The number of aromatic nitrogens is 1. The molecule has 0 unspecified atom stereocenters. The Labute approximate surface area is 175 Å². The largest absolute Gasteiger partial charge is 0.474 e. The summed E-state index contributed by atoms with van der Waals surface area (Å²) in [5.41, 5.74) is 4.23. The van der Waals surface area contributed by atoms with Crippen LogP contribution in [0, 0.1) is 12.7 Å². The number of halogens is 1. The number of amides is 1. The maximum absolute atomic E-state index is 13.2. The molecule has 1 atom stereocenters. The summed E-state index contributed by atoms with van der Waals surface area (Å²) in [6, 6.07) is 17.7. The fourth-order valence-electron chi connectivity index (χ4n) is 3.47. The predicted octanol–water partition coefficient (Wildman–Crippen LogP) is 5.04. The van der Waals surface area contributed by atoms with Gasteiger partial charge in [-0.05, 0) is 55.2 Å². The second-order valence-electron chi connectivity index (χ2n) is 7.43. The number of nitrogens with zero attached hydrogens (tertiary/aromatic N) is 2. The third-order valence-electron chi connectivity index (χ3n) is 5.14. The van der Waals surface area contributed by atoms with E-state index in [9.17, 15) is 9.18 Å². The molecule has 0 saturated carbocycles. The summed E-state index contributed by atoms with van der Waals surface area (Å²) in [4.78, 5) is 19.1. The van der Waals surface area contributed by atoms with Crippen molar-refractivity contribution < 1.29 is 18.7 Å². The number of anilines is 1. The lowest BCUT2D eigenvalue weighted by Crippen LogP contribution is -2.45. The molecule has 4 rings (SSSR count). The van der Waals surface area contributed by atoms with Crippen molar-refractivity contribution in [3.05, 3.63) is 88.9 Å². The van der Waals surface area contributed by atoms with Crippen LogP contribution in [-0.2, 0) is 17.8 Å². The Kier molecular flexibility index (Phi) is 5.65. The first-order chi connectivity index (χ1) is 14.5. The smallest absolute Gasteiger partial charge is 0.415 e. The van der Waals surface area contributed by atoms with Crippen molar-refractivity contribution >= 4 is 11.8 Å². The van der Waals surface area contributed by atoms with Gasteiger partial charge in [0.25, 0.3) is 0 Å². The normalized spacial score (nSPS) is 15.3. The zero-order valence-corrected chi connectivity index (χ0v) is 17.0. The minimum Gasteiger partial charge on any atom is -0.474 e. The van der Waals surface area contributed by atoms with Crippen LogP contribution in [0.15, 0.2) is 60.7 Å². The van der Waals surface area contributed by atoms with Crippen LogP contribution in [-0.4, -0.2) is 23.7 Å². The van der Waals surface area contributed by atoms with Crippen molar-refractivity contribution in [2.45, 2.75) is 32.9 Å². The van der Waals surface area contributed by atoms with Gasteiger partial charge in [0.15, 0.2) is 0 Å². The second-order valence-corrected chi connectivity index (χ2v) is 7.43. The zero-order valence-electron chi connectivity index (χ0n) is 17.0. The van der Waals surface area contributed by atoms with Crippen molar-refractivity contribution in [2.75, 3.05) is 11.5 Å². The van der Waals surface area contributed by atoms with Crippen LogP contribution >= 0.6 is 0 Å². The summed E-state index contributed by atoms with van der Waals surface area (Å²) in [5, 5.41) is 0. The molecule has 3 aromatic rings. The van der Waals surface area contributed by atoms with E-state index < -0.39 is 6.09 Å². The number of benzene rings is 2. The summed E-state index contributed by atoms with van der Waals surface area (Å²) in [5.74, 6) is 0.152. The van der Waals surface area contributed by atoms with E-state index in [1.165, 1.54) is 12.1 Å². The number of hydrogen-bond acceptors (Lipinski definition) is 4. The molecule has 0 radical (unpaired) electrons. The van der Waals surface area contributed by atoms with Crippen molar-refractivity contribution in [3.63, 3.8) is 0 Å². The summed E-state index contributed by atoms with van der Waals surface area (Å²) < 4.78 is 24.6. The zero-order chi connectivity index (χ0) is 21.1. The molecular formula is C24H23FN2O3. The van der Waals surface area contributed by atoms with Crippen LogP contribution in [0.25, 0.3) is 0 Å². The lowest BCUT2D eigenvalue weighted by atomic mass is 10.0. The molecule has 1 aliphatic heterocycles. The Morgan fingerprint density at radius 1 is 1.17 bits per heavy atom. The van der Waals surface area contributed by atoms with Crippen LogP contribution in [0.3, 0.4) is 0 Å². The molecule has 30 heavy (non-hydrogen) atoms. The summed E-state index contributed by atoms with van der Waals surface area (Å²) >= 11 is 0. The molecule has 0 fully saturated rings. The van der Waals surface area contributed by atoms with E-state index in [-0.39, 0.29) is 18.5 Å². The number of hydrogen-bond donors (Lipinski definition) is 0. The second kappa shape index (κ2) is 8.53. The highest BCUT2D eigenvalue weighted by Crippen LogP contribution is 2.35. The first kappa shape index (κ1) is 19.9. The molecule has 5 nitrogen and oxygen atoms in total. The number of pyridine rings is 1. The van der Waals surface area contributed by atoms with E-state index in [1.54, 1.807) is 17.0 Å². The topological polar surface area (TPSA) is 51.7 Å². The average Bonchev–Trinajstić information content (AvgIpc) is 2.75. The van der Waals surface area contributed by atoms with Gasteiger partial charge >= 0.3 is 6.09 Å². The van der Waals surface area contributed by atoms with E-state index in [0.29, 0.717) is 24.6 Å². The van der Waals surface area contributed by atoms with Crippen LogP contribution in [0.4, 0.5) is 14.9 Å². The Balaban J connectivity index is 1.59.